The molecule has 1 saturated heterocycles. The van der Waals surface area contributed by atoms with E-state index in [2.05, 4.69) is 12.1 Å². The molecule has 1 aliphatic rings. The van der Waals surface area contributed by atoms with Gasteiger partial charge < -0.3 is 0 Å². The summed E-state index contributed by atoms with van der Waals surface area (Å²) in [5.41, 5.74) is -0.672. The molecule has 0 bridgehead atoms. The van der Waals surface area contributed by atoms with Gasteiger partial charge in [0.15, 0.2) is 0 Å². The zero-order valence-corrected chi connectivity index (χ0v) is 16.2. The van der Waals surface area contributed by atoms with E-state index in [0.717, 1.165) is 5.32 Å². The molecule has 126 valence electrons. The van der Waals surface area contributed by atoms with E-state index in [4.69, 9.17) is 4.74 Å². The number of benzene rings is 1. The van der Waals surface area contributed by atoms with Crippen LogP contribution in [0.5, 0.6) is 0 Å². The first-order valence-electron chi connectivity index (χ1n) is 7.76. The predicted molar refractivity (Wildman–Crippen MR) is 91.7 cm³/mol. The number of hydrogen-bond acceptors (Lipinski definition) is 3. The molecular formula is C18H25NO3Se. The second-order valence-corrected chi connectivity index (χ2v) is 9.51. The standard InChI is InChI=1S/C18H25NO3Se/c1-17(2,3)19-11-18(4,14(15(19)20)16(21)22-5)12-23-13-9-7-6-8-10-13/h6-10,14H,11-12H2,1-5H3/t14-,18-/m0/s1. The van der Waals surface area contributed by atoms with Gasteiger partial charge in [-0.2, -0.15) is 0 Å². The van der Waals surface area contributed by atoms with Gasteiger partial charge in [0.25, 0.3) is 0 Å². The van der Waals surface area contributed by atoms with E-state index >= 15 is 0 Å². The van der Waals surface area contributed by atoms with Crippen molar-refractivity contribution < 1.29 is 14.3 Å². The van der Waals surface area contributed by atoms with Gasteiger partial charge in [-0.25, -0.2) is 0 Å². The van der Waals surface area contributed by atoms with Crippen molar-refractivity contribution in [2.45, 2.75) is 38.6 Å². The maximum atomic E-state index is 12.8. The van der Waals surface area contributed by atoms with Crippen molar-refractivity contribution in [1.82, 2.24) is 4.90 Å². The SMILES string of the molecule is COC(=O)[C@@H]1C(=O)N(C(C)(C)C)C[C@@]1(C)C[Se]c1ccccc1. The fourth-order valence-electron chi connectivity index (χ4n) is 2.95. The van der Waals surface area contributed by atoms with E-state index in [-0.39, 0.29) is 31.8 Å². The number of carbonyl (C=O) groups excluding carboxylic acids is 2. The van der Waals surface area contributed by atoms with Crippen molar-refractivity contribution in [3.05, 3.63) is 30.3 Å². The predicted octanol–water partition coefficient (Wildman–Crippen LogP) is 1.87. The van der Waals surface area contributed by atoms with Gasteiger partial charge in [0.1, 0.15) is 0 Å². The van der Waals surface area contributed by atoms with Crippen LogP contribution in [0.15, 0.2) is 30.3 Å². The number of ether oxygens (including phenoxy) is 1. The first-order valence-corrected chi connectivity index (χ1v) is 9.83. The Morgan fingerprint density at radius 2 is 1.96 bits per heavy atom. The third-order valence-corrected chi connectivity index (χ3v) is 7.24. The summed E-state index contributed by atoms with van der Waals surface area (Å²) in [6, 6.07) is 10.3. The molecule has 1 aromatic carbocycles. The van der Waals surface area contributed by atoms with Crippen LogP contribution in [0.25, 0.3) is 0 Å². The van der Waals surface area contributed by atoms with Gasteiger partial charge in [0.05, 0.1) is 0 Å². The van der Waals surface area contributed by atoms with Crippen LogP contribution in [-0.2, 0) is 14.3 Å². The summed E-state index contributed by atoms with van der Waals surface area (Å²) in [6.45, 7) is 8.67. The second kappa shape index (κ2) is 6.66. The Morgan fingerprint density at radius 3 is 2.48 bits per heavy atom. The van der Waals surface area contributed by atoms with E-state index in [9.17, 15) is 9.59 Å². The quantitative estimate of drug-likeness (QED) is 0.454. The topological polar surface area (TPSA) is 46.6 Å². The first-order chi connectivity index (χ1) is 10.7. The van der Waals surface area contributed by atoms with Crippen LogP contribution in [0.4, 0.5) is 0 Å². The molecule has 5 heteroatoms. The molecule has 1 amide bonds. The molecule has 23 heavy (non-hydrogen) atoms. The minimum absolute atomic E-state index is 0.101. The molecule has 0 aliphatic carbocycles. The Balaban J connectivity index is 2.25. The summed E-state index contributed by atoms with van der Waals surface area (Å²) in [7, 11) is 1.36. The zero-order chi connectivity index (χ0) is 17.3. The molecule has 1 heterocycles. The molecule has 0 spiro atoms. The Kier molecular flexibility index (Phi) is 5.22. The van der Waals surface area contributed by atoms with Crippen LogP contribution in [0.2, 0.25) is 5.32 Å². The summed E-state index contributed by atoms with van der Waals surface area (Å²) in [6.07, 6.45) is 0. The van der Waals surface area contributed by atoms with E-state index < -0.39 is 11.9 Å². The van der Waals surface area contributed by atoms with E-state index in [1.54, 1.807) is 0 Å². The van der Waals surface area contributed by atoms with Gasteiger partial charge in [-0.05, 0) is 0 Å². The number of likely N-dealkylation sites (tertiary alicyclic amines) is 1. The fourth-order valence-corrected chi connectivity index (χ4v) is 5.27. The van der Waals surface area contributed by atoms with Gasteiger partial charge in [-0.3, -0.25) is 0 Å². The zero-order valence-electron chi connectivity index (χ0n) is 14.5. The normalized spacial score (nSPS) is 24.8. The molecule has 0 aromatic heterocycles. The maximum absolute atomic E-state index is 12.8. The summed E-state index contributed by atoms with van der Waals surface area (Å²) >= 11 is 0.219. The Hall–Kier alpha value is -1.32. The van der Waals surface area contributed by atoms with Crippen LogP contribution in [0.3, 0.4) is 0 Å². The number of rotatable bonds is 4. The summed E-state index contributed by atoms with van der Waals surface area (Å²) in [4.78, 5) is 26.9. The van der Waals surface area contributed by atoms with Crippen LogP contribution < -0.4 is 4.46 Å². The van der Waals surface area contributed by atoms with Gasteiger partial charge in [0, 0.05) is 0 Å². The van der Waals surface area contributed by atoms with E-state index in [0.29, 0.717) is 6.54 Å². The molecule has 1 aliphatic heterocycles. The molecular weight excluding hydrogens is 357 g/mol. The van der Waals surface area contributed by atoms with Crippen molar-refractivity contribution in [2.24, 2.45) is 11.3 Å². The molecule has 1 fully saturated rings. The molecule has 2 rings (SSSR count). The van der Waals surface area contributed by atoms with Gasteiger partial charge in [0.2, 0.25) is 0 Å². The summed E-state index contributed by atoms with van der Waals surface area (Å²) < 4.78 is 6.22. The third-order valence-electron chi connectivity index (χ3n) is 4.29. The minimum atomic E-state index is -0.697. The summed E-state index contributed by atoms with van der Waals surface area (Å²) in [5.74, 6) is -1.21. The van der Waals surface area contributed by atoms with E-state index in [1.165, 1.54) is 11.6 Å². The third kappa shape index (κ3) is 3.78. The Bertz CT molecular complexity index is 582. The molecule has 0 N–H and O–H groups in total. The van der Waals surface area contributed by atoms with Crippen molar-refractivity contribution in [1.29, 1.82) is 0 Å². The number of carbonyl (C=O) groups is 2. The number of amides is 1. The number of hydrogen-bond donors (Lipinski definition) is 0. The van der Waals surface area contributed by atoms with Crippen molar-refractivity contribution >= 4 is 31.3 Å². The van der Waals surface area contributed by atoms with E-state index in [1.807, 2.05) is 50.8 Å². The van der Waals surface area contributed by atoms with Crippen LogP contribution in [-0.4, -0.2) is 50.9 Å². The molecule has 2 atom stereocenters. The number of esters is 1. The van der Waals surface area contributed by atoms with Gasteiger partial charge in [-0.1, -0.05) is 0 Å². The molecule has 0 radical (unpaired) electrons. The summed E-state index contributed by atoms with van der Waals surface area (Å²) in [5, 5.41) is 0.835. The van der Waals surface area contributed by atoms with Gasteiger partial charge >= 0.3 is 144 Å². The van der Waals surface area contributed by atoms with Crippen molar-refractivity contribution in [2.75, 3.05) is 13.7 Å². The average molecular weight is 382 g/mol. The average Bonchev–Trinajstić information content (AvgIpc) is 2.78. The van der Waals surface area contributed by atoms with Crippen LogP contribution >= 0.6 is 0 Å². The fraction of sp³-hybridized carbons (Fsp3) is 0.556. The van der Waals surface area contributed by atoms with Crippen LogP contribution in [0.1, 0.15) is 27.7 Å². The Labute approximate surface area is 144 Å². The molecule has 0 unspecified atom stereocenters. The molecule has 1 aromatic rings. The van der Waals surface area contributed by atoms with Crippen LogP contribution in [0, 0.1) is 11.3 Å². The van der Waals surface area contributed by atoms with Gasteiger partial charge in [-0.15, -0.1) is 0 Å². The second-order valence-electron chi connectivity index (χ2n) is 7.31. The molecule has 4 nitrogen and oxygen atoms in total. The van der Waals surface area contributed by atoms with Crippen molar-refractivity contribution in [3.63, 3.8) is 0 Å². The number of methoxy groups -OCH3 is 1. The molecule has 0 saturated carbocycles. The number of nitrogens with zero attached hydrogens (tertiary/aromatic N) is 1. The monoisotopic (exact) mass is 383 g/mol. The Morgan fingerprint density at radius 1 is 1.35 bits per heavy atom. The van der Waals surface area contributed by atoms with Crippen molar-refractivity contribution in [3.8, 4) is 0 Å². The first kappa shape index (κ1) is 18.0.